The fourth-order valence-electron chi connectivity index (χ4n) is 1.23. The normalized spacial score (nSPS) is 12.9. The second kappa shape index (κ2) is 5.31. The molecule has 0 radical (unpaired) electrons. The molecule has 86 valence electrons. The highest BCUT2D eigenvalue weighted by atomic mass is 79.9. The van der Waals surface area contributed by atoms with Crippen LogP contribution in [0.5, 0.6) is 0 Å². The first kappa shape index (κ1) is 12.1. The van der Waals surface area contributed by atoms with Gasteiger partial charge >= 0.3 is 0 Å². The summed E-state index contributed by atoms with van der Waals surface area (Å²) in [6, 6.07) is 4.12. The Bertz CT molecular complexity index is 468. The quantitative estimate of drug-likeness (QED) is 0.850. The maximum atomic E-state index is 5.77. The molecule has 0 aliphatic rings. The lowest BCUT2D eigenvalue weighted by Crippen LogP contribution is -2.08. The monoisotopic (exact) mass is 318 g/mol. The van der Waals surface area contributed by atoms with Crippen molar-refractivity contribution in [2.24, 2.45) is 5.73 Å². The predicted octanol–water partition coefficient (Wildman–Crippen LogP) is 2.73. The van der Waals surface area contributed by atoms with E-state index in [1.54, 1.807) is 23.1 Å². The van der Waals surface area contributed by atoms with Gasteiger partial charge in [0.2, 0.25) is 5.16 Å². The number of aryl methyl sites for hydroxylation is 1. The molecule has 0 saturated heterocycles. The number of nitrogens with zero attached hydrogens (tertiary/aromatic N) is 2. The highest BCUT2D eigenvalue weighted by Gasteiger charge is 2.15. The van der Waals surface area contributed by atoms with Gasteiger partial charge in [-0.1, -0.05) is 11.8 Å². The predicted molar refractivity (Wildman–Crippen MR) is 70.8 cm³/mol. The number of rotatable bonds is 4. The van der Waals surface area contributed by atoms with E-state index >= 15 is 0 Å². The van der Waals surface area contributed by atoms with Crippen LogP contribution in [0.3, 0.4) is 0 Å². The molecule has 2 rings (SSSR count). The molecule has 3 N–H and O–H groups in total. The van der Waals surface area contributed by atoms with Crippen molar-refractivity contribution in [1.82, 2.24) is 15.2 Å². The average molecular weight is 319 g/mol. The summed E-state index contributed by atoms with van der Waals surface area (Å²) >= 11 is 6.73. The number of hydrogen-bond acceptors (Lipinski definition) is 5. The van der Waals surface area contributed by atoms with E-state index in [0.717, 1.165) is 14.8 Å². The number of thiophene rings is 1. The number of thioether (sulfide) groups is 1. The zero-order valence-electron chi connectivity index (χ0n) is 8.61. The molecule has 0 saturated carbocycles. The van der Waals surface area contributed by atoms with Crippen LogP contribution >= 0.6 is 39.0 Å². The first-order valence-corrected chi connectivity index (χ1v) is 7.19. The molecule has 2 heterocycles. The van der Waals surface area contributed by atoms with Gasteiger partial charge in [-0.3, -0.25) is 5.10 Å². The Labute approximate surface area is 110 Å². The summed E-state index contributed by atoms with van der Waals surface area (Å²) in [7, 11) is 0. The van der Waals surface area contributed by atoms with Crippen molar-refractivity contribution in [3.63, 3.8) is 0 Å². The molecule has 1 atom stereocenters. The molecular weight excluding hydrogens is 308 g/mol. The van der Waals surface area contributed by atoms with E-state index < -0.39 is 0 Å². The topological polar surface area (TPSA) is 67.6 Å². The highest BCUT2D eigenvalue weighted by molar-refractivity contribution is 9.11. The van der Waals surface area contributed by atoms with Crippen molar-refractivity contribution in [2.45, 2.75) is 17.3 Å². The van der Waals surface area contributed by atoms with Crippen LogP contribution in [0.1, 0.15) is 16.0 Å². The number of nitrogens with two attached hydrogens (primary N) is 1. The second-order valence-corrected chi connectivity index (χ2v) is 6.85. The van der Waals surface area contributed by atoms with Crippen LogP contribution in [0.4, 0.5) is 0 Å². The third-order valence-corrected chi connectivity index (χ3v) is 4.96. The maximum Gasteiger partial charge on any atom is 0.209 e. The zero-order chi connectivity index (χ0) is 11.5. The van der Waals surface area contributed by atoms with Crippen LogP contribution in [0.15, 0.2) is 21.1 Å². The van der Waals surface area contributed by atoms with E-state index in [2.05, 4.69) is 37.2 Å². The van der Waals surface area contributed by atoms with Crippen LogP contribution in [0.2, 0.25) is 0 Å². The van der Waals surface area contributed by atoms with Gasteiger partial charge in [0, 0.05) is 11.4 Å². The van der Waals surface area contributed by atoms with E-state index in [9.17, 15) is 0 Å². The standard InChI is InChI=1S/C9H11BrN4S2/c1-5-12-9(14-13-5)16-7(4-11)6-2-3-8(10)15-6/h2-3,7H,4,11H2,1H3,(H,12,13,14). The smallest absolute Gasteiger partial charge is 0.209 e. The van der Waals surface area contributed by atoms with Gasteiger partial charge in [0.25, 0.3) is 0 Å². The summed E-state index contributed by atoms with van der Waals surface area (Å²) in [6.07, 6.45) is 0. The summed E-state index contributed by atoms with van der Waals surface area (Å²) in [6.45, 7) is 2.46. The fourth-order valence-corrected chi connectivity index (χ4v) is 3.77. The van der Waals surface area contributed by atoms with Crippen LogP contribution in [-0.4, -0.2) is 21.7 Å². The van der Waals surface area contributed by atoms with Crippen molar-refractivity contribution >= 4 is 39.0 Å². The summed E-state index contributed by atoms with van der Waals surface area (Å²) in [4.78, 5) is 5.50. The molecule has 4 nitrogen and oxygen atoms in total. The van der Waals surface area contributed by atoms with Crippen LogP contribution < -0.4 is 5.73 Å². The van der Waals surface area contributed by atoms with Gasteiger partial charge in [-0.15, -0.1) is 16.4 Å². The molecule has 0 aliphatic heterocycles. The Balaban J connectivity index is 2.12. The molecule has 2 aromatic heterocycles. The van der Waals surface area contributed by atoms with Gasteiger partial charge < -0.3 is 5.73 Å². The van der Waals surface area contributed by atoms with Gasteiger partial charge in [0.05, 0.1) is 9.04 Å². The summed E-state index contributed by atoms with van der Waals surface area (Å²) in [5.74, 6) is 0.825. The van der Waals surface area contributed by atoms with Gasteiger partial charge in [0.15, 0.2) is 0 Å². The lowest BCUT2D eigenvalue weighted by Gasteiger charge is -2.09. The van der Waals surface area contributed by atoms with Gasteiger partial charge in [-0.05, 0) is 35.0 Å². The van der Waals surface area contributed by atoms with Crippen molar-refractivity contribution in [3.8, 4) is 0 Å². The van der Waals surface area contributed by atoms with E-state index in [0.29, 0.717) is 6.54 Å². The lowest BCUT2D eigenvalue weighted by atomic mass is 10.3. The van der Waals surface area contributed by atoms with E-state index in [1.807, 2.05) is 13.0 Å². The van der Waals surface area contributed by atoms with Crippen LogP contribution in [0, 0.1) is 6.92 Å². The first-order valence-electron chi connectivity index (χ1n) is 4.70. The first-order chi connectivity index (χ1) is 7.69. The zero-order valence-corrected chi connectivity index (χ0v) is 11.8. The Morgan fingerprint density at radius 1 is 1.62 bits per heavy atom. The van der Waals surface area contributed by atoms with E-state index in [1.165, 1.54) is 4.88 Å². The van der Waals surface area contributed by atoms with Crippen molar-refractivity contribution in [1.29, 1.82) is 0 Å². The second-order valence-electron chi connectivity index (χ2n) is 3.19. The Kier molecular flexibility index (Phi) is 4.01. The minimum atomic E-state index is 0.214. The molecule has 0 aromatic carbocycles. The van der Waals surface area contributed by atoms with Crippen molar-refractivity contribution in [2.75, 3.05) is 6.54 Å². The number of halogens is 1. The van der Waals surface area contributed by atoms with Gasteiger partial charge in [0.1, 0.15) is 5.82 Å². The summed E-state index contributed by atoms with van der Waals surface area (Å²) < 4.78 is 1.12. The number of hydrogen-bond donors (Lipinski definition) is 2. The Hall–Kier alpha value is -0.370. The van der Waals surface area contributed by atoms with E-state index in [4.69, 9.17) is 5.73 Å². The number of aromatic amines is 1. The number of H-pyrrole nitrogens is 1. The molecular formula is C9H11BrN4S2. The Morgan fingerprint density at radius 3 is 2.94 bits per heavy atom. The molecule has 0 spiro atoms. The van der Waals surface area contributed by atoms with Gasteiger partial charge in [-0.2, -0.15) is 0 Å². The molecule has 0 amide bonds. The van der Waals surface area contributed by atoms with Crippen molar-refractivity contribution < 1.29 is 0 Å². The molecule has 0 bridgehead atoms. The summed E-state index contributed by atoms with van der Waals surface area (Å²) in [5.41, 5.74) is 5.77. The minimum absolute atomic E-state index is 0.214. The van der Waals surface area contributed by atoms with Crippen molar-refractivity contribution in [3.05, 3.63) is 26.6 Å². The third kappa shape index (κ3) is 2.85. The Morgan fingerprint density at radius 2 is 2.44 bits per heavy atom. The molecule has 2 aromatic rings. The van der Waals surface area contributed by atoms with Crippen LogP contribution in [-0.2, 0) is 0 Å². The molecule has 1 unspecified atom stereocenters. The fraction of sp³-hybridized carbons (Fsp3) is 0.333. The molecule has 0 fully saturated rings. The SMILES string of the molecule is Cc1nc(SC(CN)c2ccc(Br)s2)n[nH]1. The largest absolute Gasteiger partial charge is 0.329 e. The number of nitrogens with one attached hydrogen (secondary N) is 1. The van der Waals surface area contributed by atoms with Gasteiger partial charge in [-0.25, -0.2) is 4.98 Å². The molecule has 7 heteroatoms. The number of aromatic nitrogens is 3. The average Bonchev–Trinajstić information content (AvgIpc) is 2.84. The maximum absolute atomic E-state index is 5.77. The molecule has 0 aliphatic carbocycles. The highest BCUT2D eigenvalue weighted by Crippen LogP contribution is 2.37. The third-order valence-electron chi connectivity index (χ3n) is 1.95. The summed E-state index contributed by atoms with van der Waals surface area (Å²) in [5, 5.41) is 7.89. The lowest BCUT2D eigenvalue weighted by molar-refractivity contribution is 0.926. The molecule has 16 heavy (non-hydrogen) atoms. The van der Waals surface area contributed by atoms with E-state index in [-0.39, 0.29) is 5.25 Å². The van der Waals surface area contributed by atoms with Crippen LogP contribution in [0.25, 0.3) is 0 Å². The minimum Gasteiger partial charge on any atom is -0.329 e.